The van der Waals surface area contributed by atoms with Gasteiger partial charge in [0, 0.05) is 0 Å². The van der Waals surface area contributed by atoms with Gasteiger partial charge in [-0.1, -0.05) is 29.8 Å². The zero-order chi connectivity index (χ0) is 19.7. The van der Waals surface area contributed by atoms with Crippen LogP contribution in [0.25, 0.3) is 0 Å². The smallest absolute Gasteiger partial charge is 0.344 e. The third-order valence-corrected chi connectivity index (χ3v) is 5.07. The lowest BCUT2D eigenvalue weighted by molar-refractivity contribution is -0.145. The number of hydrogen-bond donors (Lipinski definition) is 0. The van der Waals surface area contributed by atoms with Crippen molar-refractivity contribution in [1.29, 1.82) is 0 Å². The Morgan fingerprint density at radius 2 is 1.67 bits per heavy atom. The molecular formula is C20H24O6S. The van der Waals surface area contributed by atoms with Crippen molar-refractivity contribution in [3.05, 3.63) is 59.7 Å². The molecule has 0 aliphatic rings. The molecule has 0 atom stereocenters. The molecule has 0 heterocycles. The van der Waals surface area contributed by atoms with Gasteiger partial charge in [-0.25, -0.2) is 4.79 Å². The van der Waals surface area contributed by atoms with E-state index >= 15 is 0 Å². The first-order valence-electron chi connectivity index (χ1n) is 8.74. The summed E-state index contributed by atoms with van der Waals surface area (Å²) in [6.07, 6.45) is 1.23. The standard InChI is InChI=1S/C20H24O6S/c1-3-24-20(21)15-25-18-10-8-17(9-11-18)5-4-14-26-27(22,23)19-12-6-16(2)7-13-19/h6-13H,3-5,14-15H2,1-2H3. The maximum Gasteiger partial charge on any atom is 0.344 e. The quantitative estimate of drug-likeness (QED) is 0.351. The van der Waals surface area contributed by atoms with Gasteiger partial charge in [-0.2, -0.15) is 8.42 Å². The van der Waals surface area contributed by atoms with E-state index in [-0.39, 0.29) is 18.1 Å². The van der Waals surface area contributed by atoms with Crippen molar-refractivity contribution >= 4 is 16.1 Å². The van der Waals surface area contributed by atoms with E-state index in [1.165, 1.54) is 0 Å². The number of carbonyl (C=O) groups excluding carboxylic acids is 1. The Labute approximate surface area is 160 Å². The van der Waals surface area contributed by atoms with Crippen LogP contribution >= 0.6 is 0 Å². The van der Waals surface area contributed by atoms with E-state index in [0.717, 1.165) is 11.1 Å². The number of rotatable bonds is 10. The Morgan fingerprint density at radius 3 is 2.30 bits per heavy atom. The molecule has 0 radical (unpaired) electrons. The summed E-state index contributed by atoms with van der Waals surface area (Å²) in [5, 5.41) is 0. The Kier molecular flexibility index (Phi) is 7.82. The Bertz CT molecular complexity index is 826. The summed E-state index contributed by atoms with van der Waals surface area (Å²) in [7, 11) is -3.72. The summed E-state index contributed by atoms with van der Waals surface area (Å²) in [4.78, 5) is 11.4. The fourth-order valence-electron chi connectivity index (χ4n) is 2.32. The van der Waals surface area contributed by atoms with Gasteiger partial charge in [0.2, 0.25) is 0 Å². The molecule has 0 amide bonds. The van der Waals surface area contributed by atoms with Crippen molar-refractivity contribution in [2.75, 3.05) is 19.8 Å². The summed E-state index contributed by atoms with van der Waals surface area (Å²) in [6.45, 7) is 3.94. The van der Waals surface area contributed by atoms with Crippen LogP contribution in [0.4, 0.5) is 0 Å². The minimum Gasteiger partial charge on any atom is -0.482 e. The van der Waals surface area contributed by atoms with E-state index < -0.39 is 16.1 Å². The highest BCUT2D eigenvalue weighted by Crippen LogP contribution is 2.16. The Balaban J connectivity index is 1.75. The molecule has 0 bridgehead atoms. The lowest BCUT2D eigenvalue weighted by Gasteiger charge is -2.08. The first kappa shape index (κ1) is 20.9. The maximum absolute atomic E-state index is 12.1. The summed E-state index contributed by atoms with van der Waals surface area (Å²) in [6, 6.07) is 13.8. The van der Waals surface area contributed by atoms with Crippen LogP contribution in [0.5, 0.6) is 5.75 Å². The van der Waals surface area contributed by atoms with Crippen LogP contribution in [0.3, 0.4) is 0 Å². The summed E-state index contributed by atoms with van der Waals surface area (Å²) in [5.41, 5.74) is 2.01. The molecule has 2 rings (SSSR count). The Morgan fingerprint density at radius 1 is 1.00 bits per heavy atom. The molecule has 0 fully saturated rings. The van der Waals surface area contributed by atoms with E-state index in [4.69, 9.17) is 13.7 Å². The molecule has 2 aromatic carbocycles. The van der Waals surface area contributed by atoms with Crippen LogP contribution < -0.4 is 4.74 Å². The highest BCUT2D eigenvalue weighted by molar-refractivity contribution is 7.86. The molecule has 7 heteroatoms. The van der Waals surface area contributed by atoms with Gasteiger partial charge in [-0.3, -0.25) is 4.18 Å². The SMILES string of the molecule is CCOC(=O)COc1ccc(CCCOS(=O)(=O)c2ccc(C)cc2)cc1. The molecule has 0 unspecified atom stereocenters. The van der Waals surface area contributed by atoms with Crippen molar-refractivity contribution in [3.8, 4) is 5.75 Å². The minimum atomic E-state index is -3.72. The van der Waals surface area contributed by atoms with Gasteiger partial charge in [0.1, 0.15) is 5.75 Å². The second-order valence-corrected chi connectivity index (χ2v) is 7.55. The Hall–Kier alpha value is -2.38. The number of ether oxygens (including phenoxy) is 2. The van der Waals surface area contributed by atoms with Gasteiger partial charge in [0.15, 0.2) is 6.61 Å². The van der Waals surface area contributed by atoms with Crippen molar-refractivity contribution in [3.63, 3.8) is 0 Å². The first-order valence-corrected chi connectivity index (χ1v) is 10.1. The molecule has 146 valence electrons. The van der Waals surface area contributed by atoms with Crippen LogP contribution in [-0.2, 0) is 30.3 Å². The van der Waals surface area contributed by atoms with Gasteiger partial charge in [-0.15, -0.1) is 0 Å². The van der Waals surface area contributed by atoms with E-state index in [1.807, 2.05) is 19.1 Å². The van der Waals surface area contributed by atoms with E-state index in [1.54, 1.807) is 43.3 Å². The first-order chi connectivity index (χ1) is 12.9. The van der Waals surface area contributed by atoms with Gasteiger partial charge in [-0.05, 0) is 56.5 Å². The zero-order valence-electron chi connectivity index (χ0n) is 15.5. The van der Waals surface area contributed by atoms with Crippen molar-refractivity contribution in [1.82, 2.24) is 0 Å². The van der Waals surface area contributed by atoms with Crippen LogP contribution in [0.2, 0.25) is 0 Å². The van der Waals surface area contributed by atoms with Crippen molar-refractivity contribution in [2.24, 2.45) is 0 Å². The van der Waals surface area contributed by atoms with Crippen LogP contribution in [0, 0.1) is 6.92 Å². The number of aryl methyl sites for hydroxylation is 2. The molecule has 0 aliphatic heterocycles. The summed E-state index contributed by atoms with van der Waals surface area (Å²) in [5.74, 6) is 0.165. The molecule has 0 saturated heterocycles. The van der Waals surface area contributed by atoms with Gasteiger partial charge in [0.05, 0.1) is 18.1 Å². The van der Waals surface area contributed by atoms with Crippen LogP contribution in [0.15, 0.2) is 53.4 Å². The molecule has 0 saturated carbocycles. The van der Waals surface area contributed by atoms with Gasteiger partial charge < -0.3 is 9.47 Å². The fraction of sp³-hybridized carbons (Fsp3) is 0.350. The zero-order valence-corrected chi connectivity index (χ0v) is 16.3. The average molecular weight is 392 g/mol. The molecule has 0 aliphatic carbocycles. The minimum absolute atomic E-state index is 0.108. The molecule has 0 spiro atoms. The molecule has 0 N–H and O–H groups in total. The van der Waals surface area contributed by atoms with E-state index in [0.29, 0.717) is 25.2 Å². The lowest BCUT2D eigenvalue weighted by Crippen LogP contribution is -2.14. The van der Waals surface area contributed by atoms with Crippen molar-refractivity contribution in [2.45, 2.75) is 31.6 Å². The predicted octanol–water partition coefficient (Wildman–Crippen LogP) is 3.28. The van der Waals surface area contributed by atoms with Crippen LogP contribution in [0.1, 0.15) is 24.5 Å². The number of carbonyl (C=O) groups is 1. The number of hydrogen-bond acceptors (Lipinski definition) is 6. The molecule has 2 aromatic rings. The third kappa shape index (κ3) is 7.03. The third-order valence-electron chi connectivity index (χ3n) is 3.74. The molecule has 27 heavy (non-hydrogen) atoms. The number of benzene rings is 2. The van der Waals surface area contributed by atoms with Gasteiger partial charge >= 0.3 is 5.97 Å². The largest absolute Gasteiger partial charge is 0.482 e. The molecular weight excluding hydrogens is 368 g/mol. The topological polar surface area (TPSA) is 78.9 Å². The second-order valence-electron chi connectivity index (χ2n) is 5.93. The second kappa shape index (κ2) is 10.1. The summed E-state index contributed by atoms with van der Waals surface area (Å²) >= 11 is 0. The average Bonchev–Trinajstić information content (AvgIpc) is 2.65. The highest BCUT2D eigenvalue weighted by Gasteiger charge is 2.14. The normalized spacial score (nSPS) is 11.2. The van der Waals surface area contributed by atoms with Gasteiger partial charge in [0.25, 0.3) is 10.1 Å². The van der Waals surface area contributed by atoms with E-state index in [2.05, 4.69) is 0 Å². The van der Waals surface area contributed by atoms with Crippen molar-refractivity contribution < 1.29 is 26.9 Å². The summed E-state index contributed by atoms with van der Waals surface area (Å²) < 4.78 is 39.4. The number of esters is 1. The molecule has 6 nitrogen and oxygen atoms in total. The monoisotopic (exact) mass is 392 g/mol. The molecule has 0 aromatic heterocycles. The lowest BCUT2D eigenvalue weighted by atomic mass is 10.1. The predicted molar refractivity (Wildman–Crippen MR) is 101 cm³/mol. The fourth-order valence-corrected chi connectivity index (χ4v) is 3.26. The van der Waals surface area contributed by atoms with E-state index in [9.17, 15) is 13.2 Å². The van der Waals surface area contributed by atoms with Crippen LogP contribution in [-0.4, -0.2) is 34.2 Å². The maximum atomic E-state index is 12.1. The highest BCUT2D eigenvalue weighted by atomic mass is 32.2.